The van der Waals surface area contributed by atoms with Crippen molar-refractivity contribution >= 4 is 0 Å². The minimum absolute atomic E-state index is 0.843. The third-order valence-electron chi connectivity index (χ3n) is 4.82. The summed E-state index contributed by atoms with van der Waals surface area (Å²) >= 11 is 0. The lowest BCUT2D eigenvalue weighted by Gasteiger charge is -2.30. The van der Waals surface area contributed by atoms with Crippen LogP contribution in [0.1, 0.15) is 43.4 Å². The fraction of sp³-hybridized carbons (Fsp3) is 0.812. The van der Waals surface area contributed by atoms with Gasteiger partial charge in [0.1, 0.15) is 5.82 Å². The molecule has 112 valence electrons. The van der Waals surface area contributed by atoms with Crippen LogP contribution in [0, 0.1) is 5.92 Å². The van der Waals surface area contributed by atoms with Gasteiger partial charge in [0.2, 0.25) is 0 Å². The van der Waals surface area contributed by atoms with Crippen molar-refractivity contribution < 1.29 is 0 Å². The van der Waals surface area contributed by atoms with E-state index in [2.05, 4.69) is 28.8 Å². The van der Waals surface area contributed by atoms with Crippen molar-refractivity contribution in [2.75, 3.05) is 26.7 Å². The Hall–Kier alpha value is -0.870. The summed E-state index contributed by atoms with van der Waals surface area (Å²) in [6.07, 6.45) is 6.15. The van der Waals surface area contributed by atoms with Crippen LogP contribution < -0.4 is 5.32 Å². The first-order valence-electron chi connectivity index (χ1n) is 8.24. The van der Waals surface area contributed by atoms with Crippen LogP contribution in [-0.2, 0) is 25.9 Å². The van der Waals surface area contributed by atoms with E-state index in [1.54, 1.807) is 0 Å². The van der Waals surface area contributed by atoms with E-state index in [0.717, 1.165) is 31.8 Å². The smallest absolute Gasteiger partial charge is 0.109 e. The van der Waals surface area contributed by atoms with E-state index in [1.807, 2.05) is 0 Å². The molecule has 0 aliphatic carbocycles. The number of aryl methyl sites for hydroxylation is 1. The highest BCUT2D eigenvalue weighted by atomic mass is 15.1. The molecule has 0 spiro atoms. The summed E-state index contributed by atoms with van der Waals surface area (Å²) in [6.45, 7) is 8.04. The summed E-state index contributed by atoms with van der Waals surface area (Å²) in [5, 5.41) is 3.45. The maximum atomic E-state index is 4.91. The van der Waals surface area contributed by atoms with E-state index in [9.17, 15) is 0 Å². The number of hydrogen-bond donors (Lipinski definition) is 1. The highest BCUT2D eigenvalue weighted by molar-refractivity contribution is 5.20. The van der Waals surface area contributed by atoms with Gasteiger partial charge in [-0.2, -0.15) is 0 Å². The van der Waals surface area contributed by atoms with Crippen molar-refractivity contribution in [2.24, 2.45) is 5.92 Å². The molecule has 0 atom stereocenters. The van der Waals surface area contributed by atoms with Gasteiger partial charge in [0.05, 0.1) is 5.69 Å². The molecule has 1 aromatic heterocycles. The van der Waals surface area contributed by atoms with E-state index in [0.29, 0.717) is 0 Å². The number of imidazole rings is 1. The number of rotatable bonds is 4. The average Bonchev–Trinajstić information content (AvgIpc) is 2.80. The van der Waals surface area contributed by atoms with Crippen molar-refractivity contribution in [1.29, 1.82) is 0 Å². The molecule has 0 saturated carbocycles. The lowest BCUT2D eigenvalue weighted by atomic mass is 9.96. The molecular weight excluding hydrogens is 248 g/mol. The van der Waals surface area contributed by atoms with Crippen molar-refractivity contribution in [1.82, 2.24) is 19.8 Å². The van der Waals surface area contributed by atoms with Crippen LogP contribution in [0.5, 0.6) is 0 Å². The minimum Gasteiger partial charge on any atom is -0.331 e. The van der Waals surface area contributed by atoms with E-state index in [1.165, 1.54) is 56.1 Å². The number of fused-ring (bicyclic) bond motifs is 1. The molecule has 20 heavy (non-hydrogen) atoms. The molecular formula is C16H28N4. The molecule has 0 radical (unpaired) electrons. The number of nitrogens with one attached hydrogen (secondary N) is 1. The fourth-order valence-electron chi connectivity index (χ4n) is 3.56. The Balaban J connectivity index is 1.78. The quantitative estimate of drug-likeness (QED) is 0.910. The third-order valence-corrected chi connectivity index (χ3v) is 4.82. The number of likely N-dealkylation sites (tertiary alicyclic amines) is 1. The summed E-state index contributed by atoms with van der Waals surface area (Å²) < 4.78 is 2.58. The van der Waals surface area contributed by atoms with Crippen LogP contribution in [0.25, 0.3) is 0 Å². The lowest BCUT2D eigenvalue weighted by Crippen LogP contribution is -2.33. The number of aromatic nitrogens is 2. The molecule has 2 aliphatic heterocycles. The summed E-state index contributed by atoms with van der Waals surface area (Å²) in [7, 11) is 2.24. The molecule has 3 rings (SSSR count). The first-order chi connectivity index (χ1) is 9.78. The molecule has 0 aromatic carbocycles. The summed E-state index contributed by atoms with van der Waals surface area (Å²) in [5.41, 5.74) is 2.83. The van der Waals surface area contributed by atoms with Gasteiger partial charge in [0.25, 0.3) is 0 Å². The second-order valence-electron chi connectivity index (χ2n) is 6.46. The van der Waals surface area contributed by atoms with E-state index in [-0.39, 0.29) is 0 Å². The normalized spacial score (nSPS) is 21.1. The van der Waals surface area contributed by atoms with Crippen LogP contribution in [0.2, 0.25) is 0 Å². The molecule has 1 aromatic rings. The van der Waals surface area contributed by atoms with Crippen molar-refractivity contribution in [2.45, 2.75) is 52.1 Å². The number of piperidine rings is 1. The van der Waals surface area contributed by atoms with Crippen LogP contribution in [-0.4, -0.2) is 41.1 Å². The predicted octanol–water partition coefficient (Wildman–Crippen LogP) is 1.82. The predicted molar refractivity (Wildman–Crippen MR) is 81.9 cm³/mol. The molecule has 2 aliphatic rings. The maximum absolute atomic E-state index is 4.91. The van der Waals surface area contributed by atoms with E-state index >= 15 is 0 Å². The topological polar surface area (TPSA) is 33.1 Å². The molecule has 1 N–H and O–H groups in total. The number of nitrogens with zero attached hydrogens (tertiary/aromatic N) is 3. The summed E-state index contributed by atoms with van der Waals surface area (Å²) in [6, 6.07) is 0. The zero-order chi connectivity index (χ0) is 13.9. The van der Waals surface area contributed by atoms with Gasteiger partial charge >= 0.3 is 0 Å². The number of hydrogen-bond acceptors (Lipinski definition) is 3. The largest absolute Gasteiger partial charge is 0.331 e. The van der Waals surface area contributed by atoms with Gasteiger partial charge in [0, 0.05) is 38.2 Å². The van der Waals surface area contributed by atoms with Crippen LogP contribution >= 0.6 is 0 Å². The fourth-order valence-corrected chi connectivity index (χ4v) is 3.56. The molecule has 4 nitrogen and oxygen atoms in total. The van der Waals surface area contributed by atoms with E-state index < -0.39 is 0 Å². The van der Waals surface area contributed by atoms with Gasteiger partial charge in [-0.25, -0.2) is 4.98 Å². The molecule has 0 amide bonds. The Labute approximate surface area is 122 Å². The van der Waals surface area contributed by atoms with E-state index in [4.69, 9.17) is 4.98 Å². The van der Waals surface area contributed by atoms with Crippen molar-refractivity contribution in [3.63, 3.8) is 0 Å². The van der Waals surface area contributed by atoms with Gasteiger partial charge in [-0.05, 0) is 45.3 Å². The Morgan fingerprint density at radius 1 is 1.30 bits per heavy atom. The first kappa shape index (κ1) is 14.1. The second-order valence-corrected chi connectivity index (χ2v) is 6.46. The van der Waals surface area contributed by atoms with Crippen molar-refractivity contribution in [3.8, 4) is 0 Å². The zero-order valence-electron chi connectivity index (χ0n) is 13.0. The van der Waals surface area contributed by atoms with Crippen LogP contribution in [0.4, 0.5) is 0 Å². The first-order valence-corrected chi connectivity index (χ1v) is 8.24. The maximum Gasteiger partial charge on any atom is 0.109 e. The monoisotopic (exact) mass is 276 g/mol. The van der Waals surface area contributed by atoms with Crippen LogP contribution in [0.3, 0.4) is 0 Å². The van der Waals surface area contributed by atoms with Gasteiger partial charge in [-0.1, -0.05) is 6.92 Å². The van der Waals surface area contributed by atoms with Crippen LogP contribution in [0.15, 0.2) is 0 Å². The molecule has 3 heterocycles. The SMILES string of the molecule is CCCc1nc2c(n1CC1CCN(C)CC1)CCNC2. The molecule has 4 heteroatoms. The lowest BCUT2D eigenvalue weighted by molar-refractivity contribution is 0.203. The Morgan fingerprint density at radius 3 is 2.85 bits per heavy atom. The molecule has 1 fully saturated rings. The average molecular weight is 276 g/mol. The zero-order valence-corrected chi connectivity index (χ0v) is 13.0. The standard InChI is InChI=1S/C16H28N4/c1-3-4-16-18-14-11-17-8-5-15(14)20(16)12-13-6-9-19(2)10-7-13/h13,17H,3-12H2,1-2H3. The van der Waals surface area contributed by atoms with Crippen molar-refractivity contribution in [3.05, 3.63) is 17.2 Å². The van der Waals surface area contributed by atoms with Gasteiger partial charge in [-0.15, -0.1) is 0 Å². The molecule has 1 saturated heterocycles. The van der Waals surface area contributed by atoms with Gasteiger partial charge < -0.3 is 14.8 Å². The Kier molecular flexibility index (Phi) is 4.41. The summed E-state index contributed by atoms with van der Waals surface area (Å²) in [5.74, 6) is 2.18. The third kappa shape index (κ3) is 2.91. The summed E-state index contributed by atoms with van der Waals surface area (Å²) in [4.78, 5) is 7.37. The Morgan fingerprint density at radius 2 is 2.10 bits per heavy atom. The highest BCUT2D eigenvalue weighted by Crippen LogP contribution is 2.23. The second kappa shape index (κ2) is 6.27. The minimum atomic E-state index is 0.843. The molecule has 0 bridgehead atoms. The molecule has 0 unspecified atom stereocenters. The van der Waals surface area contributed by atoms with Gasteiger partial charge in [-0.3, -0.25) is 0 Å². The van der Waals surface area contributed by atoms with Gasteiger partial charge in [0.15, 0.2) is 0 Å². The highest BCUT2D eigenvalue weighted by Gasteiger charge is 2.23. The Bertz CT molecular complexity index is 444.